The molecule has 3 aromatic rings. The third-order valence-corrected chi connectivity index (χ3v) is 16.5. The summed E-state index contributed by atoms with van der Waals surface area (Å²) in [6.45, 7) is 13.6. The van der Waals surface area contributed by atoms with Crippen LogP contribution >= 0.6 is 11.8 Å². The van der Waals surface area contributed by atoms with Crippen LogP contribution in [0.2, 0.25) is 0 Å². The molecule has 0 saturated carbocycles. The van der Waals surface area contributed by atoms with Gasteiger partial charge in [-0.1, -0.05) is 82.8 Å². The number of hydrogen-bond donors (Lipinski definition) is 16. The Kier molecular flexibility index (Phi) is 34.5. The SMILES string of the molecule is C=Cc1c(C[C@H](NC(=O)[C@H](CCSC)NC(=O)[C@@H](NC(=O)[C@@H](NC(=O)[C@H](Cc2ccc(O)cc2)NC(=O)[C@H](Cc2ccccc2)NC(=O)C(CN)(CCCN)CCCN)C(C)C)C(C)C)C(=O)N[C@@H](CCCCN)C(=O)N[C@H](CCCCN)C(=O)O)c[nH]c1C. The second-order valence-corrected chi connectivity index (χ2v) is 24.6. The Morgan fingerprint density at radius 1 is 0.544 bits per heavy atom. The Labute approximate surface area is 534 Å². The summed E-state index contributed by atoms with van der Waals surface area (Å²) >= 11 is 1.39. The highest BCUT2D eigenvalue weighted by molar-refractivity contribution is 7.98. The number of aryl methyl sites for hydroxylation is 1. The lowest BCUT2D eigenvalue weighted by molar-refractivity contribution is -0.142. The van der Waals surface area contributed by atoms with E-state index in [4.69, 9.17) is 28.7 Å². The molecule has 0 aliphatic heterocycles. The summed E-state index contributed by atoms with van der Waals surface area (Å²) in [5.41, 5.74) is 31.6. The van der Waals surface area contributed by atoms with Crippen LogP contribution in [0.25, 0.3) is 6.08 Å². The number of hydrogen-bond acceptors (Lipinski definition) is 16. The maximum absolute atomic E-state index is 14.7. The van der Waals surface area contributed by atoms with Gasteiger partial charge in [0.15, 0.2) is 0 Å². The fraction of sp³-hybridized carbons (Fsp3) is 0.578. The van der Waals surface area contributed by atoms with Gasteiger partial charge in [0.2, 0.25) is 47.3 Å². The zero-order valence-corrected chi connectivity index (χ0v) is 54.2. The lowest BCUT2D eigenvalue weighted by atomic mass is 9.77. The molecule has 0 spiro atoms. The third-order valence-electron chi connectivity index (χ3n) is 15.9. The maximum Gasteiger partial charge on any atom is 0.326 e. The fourth-order valence-corrected chi connectivity index (χ4v) is 10.9. The number of carboxylic acids is 1. The second-order valence-electron chi connectivity index (χ2n) is 23.6. The number of aromatic amines is 1. The smallest absolute Gasteiger partial charge is 0.326 e. The van der Waals surface area contributed by atoms with Gasteiger partial charge in [-0.2, -0.15) is 11.8 Å². The summed E-state index contributed by atoms with van der Waals surface area (Å²) < 4.78 is 0. The first-order chi connectivity index (χ1) is 42.9. The number of rotatable bonds is 44. The van der Waals surface area contributed by atoms with Crippen LogP contribution in [0.15, 0.2) is 67.4 Å². The number of aromatic nitrogens is 1. The number of nitrogens with one attached hydrogen (secondary N) is 9. The largest absolute Gasteiger partial charge is 0.508 e. The first kappa shape index (κ1) is 76.9. The van der Waals surface area contributed by atoms with E-state index in [-0.39, 0.29) is 50.8 Å². The molecule has 21 N–H and O–H groups in total. The van der Waals surface area contributed by atoms with Gasteiger partial charge < -0.3 is 86.4 Å². The Bertz CT molecular complexity index is 2760. The van der Waals surface area contributed by atoms with Crippen molar-refractivity contribution in [2.24, 2.45) is 45.9 Å². The van der Waals surface area contributed by atoms with Crippen LogP contribution in [0.5, 0.6) is 5.75 Å². The number of carbonyl (C=O) groups is 9. The highest BCUT2D eigenvalue weighted by Crippen LogP contribution is 2.30. The van der Waals surface area contributed by atoms with Gasteiger partial charge in [0.25, 0.3) is 0 Å². The van der Waals surface area contributed by atoms with Gasteiger partial charge in [-0.05, 0) is 162 Å². The zero-order valence-electron chi connectivity index (χ0n) is 53.3. The first-order valence-corrected chi connectivity index (χ1v) is 32.6. The molecule has 0 radical (unpaired) electrons. The molecule has 0 bridgehead atoms. The Balaban J connectivity index is 1.99. The number of carbonyl (C=O) groups excluding carboxylic acids is 8. The third kappa shape index (κ3) is 25.1. The first-order valence-electron chi connectivity index (χ1n) is 31.2. The maximum atomic E-state index is 14.7. The monoisotopic (exact) mass is 1270 g/mol. The van der Waals surface area contributed by atoms with Gasteiger partial charge in [0, 0.05) is 37.7 Å². The molecule has 0 unspecified atom stereocenters. The van der Waals surface area contributed by atoms with Crippen molar-refractivity contribution < 1.29 is 53.4 Å². The van der Waals surface area contributed by atoms with Gasteiger partial charge in [0.1, 0.15) is 54.1 Å². The molecule has 8 amide bonds. The van der Waals surface area contributed by atoms with Gasteiger partial charge in [-0.15, -0.1) is 0 Å². The minimum absolute atomic E-state index is 0.0286. The predicted octanol–water partition coefficient (Wildman–Crippen LogP) is 1.41. The molecule has 500 valence electrons. The minimum Gasteiger partial charge on any atom is -0.508 e. The van der Waals surface area contributed by atoms with Crippen molar-refractivity contribution >= 4 is 71.1 Å². The molecular formula is C64H102N14O11S. The Morgan fingerprint density at radius 2 is 0.967 bits per heavy atom. The zero-order chi connectivity index (χ0) is 66.9. The van der Waals surface area contributed by atoms with Gasteiger partial charge in [-0.25, -0.2) is 4.79 Å². The van der Waals surface area contributed by atoms with Crippen LogP contribution in [-0.4, -0.2) is 161 Å². The topological polar surface area (TPSA) is 436 Å². The summed E-state index contributed by atoms with van der Waals surface area (Å²) in [6.07, 6.45) is 8.67. The van der Waals surface area contributed by atoms with Crippen LogP contribution in [0.3, 0.4) is 0 Å². The van der Waals surface area contributed by atoms with Crippen LogP contribution in [-0.2, 0) is 62.4 Å². The van der Waals surface area contributed by atoms with E-state index in [0.29, 0.717) is 106 Å². The van der Waals surface area contributed by atoms with Crippen LogP contribution in [0.4, 0.5) is 0 Å². The molecule has 90 heavy (non-hydrogen) atoms. The molecule has 2 aromatic carbocycles. The highest BCUT2D eigenvalue weighted by atomic mass is 32.2. The lowest BCUT2D eigenvalue weighted by Gasteiger charge is -2.33. The van der Waals surface area contributed by atoms with Gasteiger partial charge in [-0.3, -0.25) is 38.4 Å². The number of nitrogens with two attached hydrogens (primary N) is 5. The molecule has 1 aromatic heterocycles. The number of phenols is 1. The normalized spacial score (nSPS) is 14.1. The molecule has 26 heteroatoms. The van der Waals surface area contributed by atoms with Gasteiger partial charge >= 0.3 is 5.97 Å². The van der Waals surface area contributed by atoms with E-state index >= 15 is 0 Å². The number of amides is 8. The fourth-order valence-electron chi connectivity index (χ4n) is 10.4. The number of H-pyrrole nitrogens is 1. The van der Waals surface area contributed by atoms with Crippen molar-refractivity contribution in [2.45, 2.75) is 173 Å². The molecule has 0 saturated heterocycles. The summed E-state index contributed by atoms with van der Waals surface area (Å²) in [7, 11) is 0. The standard InChI is InChI=1S/C64H102N14O11S/c1-8-46-41(6)70-37-44(46)36-52(58(83)71-47(20-12-14-29-65)55(80)73-49(62(87)88)21-13-15-30-66)75-56(81)48(26-33-90-7)72-60(85)53(39(2)3)78-61(86)54(40(4)5)77-59(84)50(35-43-22-24-45(79)25-23-43)74-57(82)51(34-42-18-10-9-11-19-42)76-63(89)64(38-69,27-16-31-67)28-17-32-68/h8-11,18-19,22-25,37,39-40,47-54,70,79H,1,12-17,20-21,26-36,38,65-69H2,2-7H3,(H,71,83)(H,72,85)(H,73,80)(H,74,82)(H,75,81)(H,76,89)(H,77,84)(H,78,86)(H,87,88)/t47-,48-,49+,50-,51-,52-,53-,54-/m0/s1. The van der Waals surface area contributed by atoms with Crippen molar-refractivity contribution in [1.29, 1.82) is 0 Å². The predicted molar refractivity (Wildman–Crippen MR) is 351 cm³/mol. The van der Waals surface area contributed by atoms with Crippen molar-refractivity contribution in [1.82, 2.24) is 47.5 Å². The average Bonchev–Trinajstić information content (AvgIpc) is 2.34. The molecule has 25 nitrogen and oxygen atoms in total. The summed E-state index contributed by atoms with van der Waals surface area (Å²) in [5, 5.41) is 42.4. The number of carboxylic acid groups (broad SMARTS) is 1. The van der Waals surface area contributed by atoms with Crippen molar-refractivity contribution in [3.63, 3.8) is 0 Å². The highest BCUT2D eigenvalue weighted by Gasteiger charge is 2.40. The quantitative estimate of drug-likeness (QED) is 0.0356. The number of unbranched alkanes of at least 4 members (excludes halogenated alkanes) is 2. The minimum atomic E-state index is -1.37. The van der Waals surface area contributed by atoms with Crippen molar-refractivity contribution in [2.75, 3.05) is 44.7 Å². The van der Waals surface area contributed by atoms with Gasteiger partial charge in [0.05, 0.1) is 5.41 Å². The van der Waals surface area contributed by atoms with Crippen molar-refractivity contribution in [3.8, 4) is 5.75 Å². The second kappa shape index (κ2) is 40.4. The van der Waals surface area contributed by atoms with E-state index < -0.39 is 119 Å². The summed E-state index contributed by atoms with van der Waals surface area (Å²) in [4.78, 5) is 131. The number of aliphatic carboxylic acids is 1. The van der Waals surface area contributed by atoms with Crippen LogP contribution in [0, 0.1) is 24.2 Å². The number of phenolic OH excluding ortho intramolecular Hbond substituents is 1. The van der Waals surface area contributed by atoms with E-state index in [1.54, 1.807) is 76.4 Å². The van der Waals surface area contributed by atoms with Crippen LogP contribution in [0.1, 0.15) is 126 Å². The Morgan fingerprint density at radius 3 is 1.46 bits per heavy atom. The molecule has 1 heterocycles. The average molecular weight is 1280 g/mol. The Hall–Kier alpha value is -7.36. The molecule has 0 aliphatic rings. The van der Waals surface area contributed by atoms with Crippen LogP contribution < -0.4 is 71.2 Å². The summed E-state index contributed by atoms with van der Waals surface area (Å²) in [5.74, 6) is -7.88. The molecule has 0 fully saturated rings. The van der Waals surface area contributed by atoms with E-state index in [1.165, 1.54) is 23.9 Å². The number of benzene rings is 2. The van der Waals surface area contributed by atoms with E-state index in [0.717, 1.165) is 5.69 Å². The molecule has 0 aliphatic carbocycles. The molecule has 3 rings (SSSR count). The van der Waals surface area contributed by atoms with Crippen molar-refractivity contribution in [3.05, 3.63) is 95.3 Å². The van der Waals surface area contributed by atoms with E-state index in [2.05, 4.69) is 54.1 Å². The van der Waals surface area contributed by atoms with E-state index in [1.807, 2.05) is 19.2 Å². The lowest BCUT2D eigenvalue weighted by Crippen LogP contribution is -2.62. The molecular weight excluding hydrogens is 1170 g/mol. The number of thioether (sulfide) groups is 1. The molecule has 8 atom stereocenters. The van der Waals surface area contributed by atoms with E-state index in [9.17, 15) is 53.4 Å². The summed E-state index contributed by atoms with van der Waals surface area (Å²) in [6, 6.07) is 4.69. The number of aromatic hydroxyl groups is 1.